The molecule has 2 aliphatic rings. The van der Waals surface area contributed by atoms with Gasteiger partial charge < -0.3 is 10.1 Å². The maximum absolute atomic E-state index is 11.2. The molecule has 3 aromatic rings. The summed E-state index contributed by atoms with van der Waals surface area (Å²) in [7, 11) is 0. The van der Waals surface area contributed by atoms with E-state index in [0.717, 1.165) is 19.0 Å². The van der Waals surface area contributed by atoms with E-state index in [-0.39, 0.29) is 0 Å². The topological polar surface area (TPSA) is 56.3 Å². The number of H-pyrrole nitrogens is 1. The number of likely N-dealkylation sites (tertiary alicyclic amines) is 1. The Bertz CT molecular complexity index is 1030. The van der Waals surface area contributed by atoms with Gasteiger partial charge in [0.2, 0.25) is 0 Å². The third-order valence-corrected chi connectivity index (χ3v) is 6.48. The molecule has 1 aliphatic heterocycles. The van der Waals surface area contributed by atoms with Crippen LogP contribution in [0.15, 0.2) is 42.6 Å². The molecular weight excluding hydrogens is 336 g/mol. The zero-order valence-corrected chi connectivity index (χ0v) is 15.7. The number of aryl methyl sites for hydroxylation is 2. The summed E-state index contributed by atoms with van der Waals surface area (Å²) in [4.78, 5) is 17.1. The molecule has 2 heterocycles. The quantitative estimate of drug-likeness (QED) is 0.710. The van der Waals surface area contributed by atoms with E-state index in [0.29, 0.717) is 17.5 Å². The standard InChI is InChI=1S/C23H24N2O2/c1-13-9-14(2)21-18(7-8-24-21)20(13)12-25-11-17-10-19(17)22(25)15-3-5-16(6-4-15)23(26)27/h3-9,17,19,22,24H,10-12H2,1-2H3,(H,26,27). The van der Waals surface area contributed by atoms with E-state index in [1.807, 2.05) is 18.3 Å². The highest BCUT2D eigenvalue weighted by molar-refractivity contribution is 5.88. The molecular formula is C23H24N2O2. The minimum Gasteiger partial charge on any atom is -0.478 e. The van der Waals surface area contributed by atoms with Gasteiger partial charge in [-0.2, -0.15) is 0 Å². The van der Waals surface area contributed by atoms with Crippen LogP contribution in [0.25, 0.3) is 10.9 Å². The molecule has 3 atom stereocenters. The van der Waals surface area contributed by atoms with Gasteiger partial charge in [0, 0.05) is 36.2 Å². The third-order valence-electron chi connectivity index (χ3n) is 6.48. The van der Waals surface area contributed by atoms with E-state index in [4.69, 9.17) is 5.11 Å². The number of hydrogen-bond donors (Lipinski definition) is 2. The van der Waals surface area contributed by atoms with Gasteiger partial charge in [0.25, 0.3) is 0 Å². The predicted molar refractivity (Wildman–Crippen MR) is 106 cm³/mol. The average Bonchev–Trinajstić information content (AvgIpc) is 3.07. The Morgan fingerprint density at radius 2 is 1.96 bits per heavy atom. The predicted octanol–water partition coefficient (Wildman–Crippen LogP) is 4.68. The van der Waals surface area contributed by atoms with Crippen molar-refractivity contribution in [3.8, 4) is 0 Å². The van der Waals surface area contributed by atoms with Crippen LogP contribution in [0.4, 0.5) is 0 Å². The first-order chi connectivity index (χ1) is 13.0. The van der Waals surface area contributed by atoms with Gasteiger partial charge in [0.15, 0.2) is 0 Å². The fraction of sp³-hybridized carbons (Fsp3) is 0.348. The van der Waals surface area contributed by atoms with Gasteiger partial charge in [0.05, 0.1) is 5.56 Å². The van der Waals surface area contributed by atoms with Crippen molar-refractivity contribution in [1.29, 1.82) is 0 Å². The highest BCUT2D eigenvalue weighted by Gasteiger charge is 2.52. The van der Waals surface area contributed by atoms with Crippen LogP contribution in [0.2, 0.25) is 0 Å². The molecule has 27 heavy (non-hydrogen) atoms. The van der Waals surface area contributed by atoms with Crippen LogP contribution in [0.3, 0.4) is 0 Å². The lowest BCUT2D eigenvalue weighted by molar-refractivity contribution is 0.0697. The number of aromatic amines is 1. The second-order valence-corrected chi connectivity index (χ2v) is 8.22. The van der Waals surface area contributed by atoms with Gasteiger partial charge in [0.1, 0.15) is 0 Å². The van der Waals surface area contributed by atoms with Crippen LogP contribution in [0, 0.1) is 25.7 Å². The Morgan fingerprint density at radius 1 is 1.19 bits per heavy atom. The van der Waals surface area contributed by atoms with Gasteiger partial charge >= 0.3 is 5.97 Å². The van der Waals surface area contributed by atoms with Crippen LogP contribution >= 0.6 is 0 Å². The number of piperidine rings is 1. The number of fused-ring (bicyclic) bond motifs is 2. The fourth-order valence-corrected chi connectivity index (χ4v) is 5.05. The molecule has 0 amide bonds. The number of rotatable bonds is 4. The molecule has 0 spiro atoms. The van der Waals surface area contributed by atoms with E-state index in [9.17, 15) is 4.79 Å². The normalized spacial score (nSPS) is 24.3. The number of nitrogens with zero attached hydrogens (tertiary/aromatic N) is 1. The maximum Gasteiger partial charge on any atom is 0.335 e. The molecule has 1 saturated heterocycles. The van der Waals surface area contributed by atoms with Gasteiger partial charge in [-0.05, 0) is 72.6 Å². The average molecular weight is 360 g/mol. The summed E-state index contributed by atoms with van der Waals surface area (Å²) in [6.45, 7) is 6.45. The second-order valence-electron chi connectivity index (χ2n) is 8.22. The van der Waals surface area contributed by atoms with Gasteiger partial charge in [-0.3, -0.25) is 4.90 Å². The van der Waals surface area contributed by atoms with E-state index in [2.05, 4.69) is 35.9 Å². The summed E-state index contributed by atoms with van der Waals surface area (Å²) in [5, 5.41) is 10.5. The summed E-state index contributed by atoms with van der Waals surface area (Å²) in [5.74, 6) is 0.647. The van der Waals surface area contributed by atoms with Gasteiger partial charge in [-0.1, -0.05) is 18.2 Å². The Kier molecular flexibility index (Phi) is 3.66. The largest absolute Gasteiger partial charge is 0.478 e. The first kappa shape index (κ1) is 16.6. The second kappa shape index (κ2) is 5.96. The van der Waals surface area contributed by atoms with E-state index in [1.54, 1.807) is 12.1 Å². The Balaban J connectivity index is 1.48. The van der Waals surface area contributed by atoms with E-state index >= 15 is 0 Å². The smallest absolute Gasteiger partial charge is 0.335 e. The zero-order valence-electron chi connectivity index (χ0n) is 15.7. The van der Waals surface area contributed by atoms with Gasteiger partial charge in [-0.15, -0.1) is 0 Å². The van der Waals surface area contributed by atoms with Crippen molar-refractivity contribution < 1.29 is 9.90 Å². The Labute approximate surface area is 158 Å². The maximum atomic E-state index is 11.2. The minimum absolute atomic E-state index is 0.360. The number of carbonyl (C=O) groups is 1. The summed E-state index contributed by atoms with van der Waals surface area (Å²) in [6.07, 6.45) is 3.33. The van der Waals surface area contributed by atoms with Crippen molar-refractivity contribution in [2.45, 2.75) is 32.9 Å². The van der Waals surface area contributed by atoms with Crippen molar-refractivity contribution >= 4 is 16.9 Å². The summed E-state index contributed by atoms with van der Waals surface area (Å²) in [5.41, 5.74) is 6.90. The number of benzene rings is 2. The van der Waals surface area contributed by atoms with Gasteiger partial charge in [-0.25, -0.2) is 4.79 Å². The van der Waals surface area contributed by atoms with E-state index in [1.165, 1.54) is 39.6 Å². The molecule has 0 bridgehead atoms. The van der Waals surface area contributed by atoms with Crippen molar-refractivity contribution in [1.82, 2.24) is 9.88 Å². The SMILES string of the molecule is Cc1cc(C)c2[nH]ccc2c1CN1CC2CC2C1c1ccc(C(=O)O)cc1. The van der Waals surface area contributed by atoms with Crippen LogP contribution in [-0.4, -0.2) is 27.5 Å². The number of aromatic carboxylic acids is 1. The summed E-state index contributed by atoms with van der Waals surface area (Å²) < 4.78 is 0. The lowest BCUT2D eigenvalue weighted by Crippen LogP contribution is -2.27. The molecule has 0 radical (unpaired) electrons. The molecule has 4 nitrogen and oxygen atoms in total. The molecule has 138 valence electrons. The molecule has 1 saturated carbocycles. The number of carboxylic acids is 1. The Morgan fingerprint density at radius 3 is 2.70 bits per heavy atom. The number of carboxylic acid groups (broad SMARTS) is 1. The first-order valence-corrected chi connectivity index (χ1v) is 9.66. The van der Waals surface area contributed by atoms with Crippen molar-refractivity contribution in [2.24, 2.45) is 11.8 Å². The summed E-state index contributed by atoms with van der Waals surface area (Å²) in [6, 6.07) is 12.4. The third kappa shape index (κ3) is 2.67. The van der Waals surface area contributed by atoms with Crippen LogP contribution in [0.1, 0.15) is 45.1 Å². The fourth-order valence-electron chi connectivity index (χ4n) is 5.05. The molecule has 4 heteroatoms. The van der Waals surface area contributed by atoms with Crippen LogP contribution in [-0.2, 0) is 6.54 Å². The Hall–Kier alpha value is -2.59. The lowest BCUT2D eigenvalue weighted by Gasteiger charge is -2.29. The molecule has 2 N–H and O–H groups in total. The molecule has 2 aromatic carbocycles. The number of aromatic nitrogens is 1. The molecule has 2 fully saturated rings. The van der Waals surface area contributed by atoms with Crippen LogP contribution < -0.4 is 0 Å². The van der Waals surface area contributed by atoms with Crippen molar-refractivity contribution in [3.63, 3.8) is 0 Å². The number of hydrogen-bond acceptors (Lipinski definition) is 2. The van der Waals surface area contributed by atoms with Crippen molar-refractivity contribution in [2.75, 3.05) is 6.54 Å². The highest BCUT2D eigenvalue weighted by atomic mass is 16.4. The molecule has 5 rings (SSSR count). The zero-order chi connectivity index (χ0) is 18.7. The highest BCUT2D eigenvalue weighted by Crippen LogP contribution is 2.57. The first-order valence-electron chi connectivity index (χ1n) is 9.66. The minimum atomic E-state index is -0.862. The van der Waals surface area contributed by atoms with Crippen LogP contribution in [0.5, 0.6) is 0 Å². The lowest BCUT2D eigenvalue weighted by atomic mass is 9.97. The monoisotopic (exact) mass is 360 g/mol. The molecule has 1 aliphatic carbocycles. The summed E-state index contributed by atoms with van der Waals surface area (Å²) >= 11 is 0. The van der Waals surface area contributed by atoms with E-state index < -0.39 is 5.97 Å². The number of nitrogens with one attached hydrogen (secondary N) is 1. The van der Waals surface area contributed by atoms with Crippen molar-refractivity contribution in [3.05, 3.63) is 70.4 Å². The molecule has 3 unspecified atom stereocenters. The molecule has 1 aromatic heterocycles.